The number of ether oxygens (including phenoxy) is 1. The van der Waals surface area contributed by atoms with Crippen molar-refractivity contribution in [1.82, 2.24) is 0 Å². The van der Waals surface area contributed by atoms with Crippen LogP contribution in [0.25, 0.3) is 0 Å². The van der Waals surface area contributed by atoms with Crippen LogP contribution < -0.4 is 26.3 Å². The zero-order valence-electron chi connectivity index (χ0n) is 13.7. The van der Waals surface area contributed by atoms with Crippen molar-refractivity contribution < 1.29 is 31.1 Å². The predicted octanol–water partition coefficient (Wildman–Crippen LogP) is 1.75. The molecule has 0 atom stereocenters. The van der Waals surface area contributed by atoms with Crippen LogP contribution in [-0.4, -0.2) is 5.78 Å². The molecule has 3 rings (SSSR count). The predicted molar refractivity (Wildman–Crippen MR) is 98.2 cm³/mol. The van der Waals surface area contributed by atoms with Crippen molar-refractivity contribution in [2.45, 2.75) is 13.2 Å². The second kappa shape index (κ2) is 9.72. The highest BCUT2D eigenvalue weighted by Crippen LogP contribution is 2.19. The molecule has 0 amide bonds. The molecule has 3 nitrogen and oxygen atoms in total. The van der Waals surface area contributed by atoms with Crippen molar-refractivity contribution in [2.24, 2.45) is 0 Å². The van der Waals surface area contributed by atoms with Gasteiger partial charge in [-0.3, -0.25) is 4.79 Å². The fraction of sp³-hybridized carbons (Fsp3) is 0.100. The number of pyridine rings is 1. The van der Waals surface area contributed by atoms with E-state index in [0.29, 0.717) is 22.2 Å². The van der Waals surface area contributed by atoms with Crippen LogP contribution in [0.2, 0.25) is 10.0 Å². The third-order valence-electron chi connectivity index (χ3n) is 3.62. The van der Waals surface area contributed by atoms with E-state index in [4.69, 9.17) is 27.9 Å². The van der Waals surface area contributed by atoms with Gasteiger partial charge in [0.25, 0.3) is 0 Å². The summed E-state index contributed by atoms with van der Waals surface area (Å²) in [6, 6.07) is 18.5. The van der Waals surface area contributed by atoms with Crippen molar-refractivity contribution in [3.05, 3.63) is 94.2 Å². The monoisotopic (exact) mass is 451 g/mol. The van der Waals surface area contributed by atoms with Gasteiger partial charge in [-0.2, -0.15) is 4.57 Å². The summed E-state index contributed by atoms with van der Waals surface area (Å²) in [4.78, 5) is 12.3. The van der Waals surface area contributed by atoms with Crippen LogP contribution >= 0.6 is 23.2 Å². The molecule has 0 aliphatic carbocycles. The molecule has 0 bridgehead atoms. The van der Waals surface area contributed by atoms with Gasteiger partial charge in [0.05, 0.1) is 0 Å². The average molecular weight is 453 g/mol. The van der Waals surface area contributed by atoms with E-state index < -0.39 is 0 Å². The van der Waals surface area contributed by atoms with E-state index >= 15 is 0 Å². The average Bonchev–Trinajstić information content (AvgIpc) is 2.61. The number of hydrogen-bond acceptors (Lipinski definition) is 2. The Morgan fingerprint density at radius 2 is 1.54 bits per heavy atom. The molecule has 6 heteroatoms. The fourth-order valence-electron chi connectivity index (χ4n) is 2.36. The second-order valence-electron chi connectivity index (χ2n) is 5.56. The molecular formula is C20H16BrCl2NO2. The Labute approximate surface area is 172 Å². The summed E-state index contributed by atoms with van der Waals surface area (Å²) in [5, 5.41) is 0.899. The maximum Gasteiger partial charge on any atom is 0.227 e. The normalized spacial score (nSPS) is 10.1. The Kier molecular flexibility index (Phi) is 7.64. The molecular weight excluding hydrogens is 437 g/mol. The van der Waals surface area contributed by atoms with Gasteiger partial charge in [0.15, 0.2) is 12.4 Å². The Morgan fingerprint density at radius 3 is 2.15 bits per heavy atom. The van der Waals surface area contributed by atoms with Gasteiger partial charge in [-0.05, 0) is 23.8 Å². The molecule has 1 heterocycles. The third-order valence-corrected chi connectivity index (χ3v) is 4.06. The molecule has 134 valence electrons. The van der Waals surface area contributed by atoms with Crippen LogP contribution in [0, 0.1) is 0 Å². The Balaban J connectivity index is 0.00000243. The second-order valence-corrected chi connectivity index (χ2v) is 6.43. The highest BCUT2D eigenvalue weighted by molar-refractivity contribution is 6.35. The number of benzene rings is 2. The summed E-state index contributed by atoms with van der Waals surface area (Å²) in [6.45, 7) is 0.709. The summed E-state index contributed by atoms with van der Waals surface area (Å²) < 4.78 is 7.52. The highest BCUT2D eigenvalue weighted by Gasteiger charge is 2.13. The summed E-state index contributed by atoms with van der Waals surface area (Å²) >= 11 is 11.9. The minimum absolute atomic E-state index is 0. The molecule has 0 unspecified atom stereocenters. The van der Waals surface area contributed by atoms with E-state index in [0.717, 1.165) is 11.3 Å². The standard InChI is InChI=1S/C20H16Cl2NO2.BrH/c21-17-10-16(11-18(22)12-17)20(24)13-23-8-6-19(7-9-23)25-14-15-4-2-1-3-5-15;/h1-12H,13-14H2;1H/q+1;/p-1. The zero-order chi connectivity index (χ0) is 17.6. The zero-order valence-corrected chi connectivity index (χ0v) is 16.8. The first kappa shape index (κ1) is 20.4. The van der Waals surface area contributed by atoms with E-state index in [1.807, 2.05) is 54.9 Å². The van der Waals surface area contributed by atoms with Gasteiger partial charge in [-0.1, -0.05) is 53.5 Å². The van der Waals surface area contributed by atoms with Gasteiger partial charge in [0.1, 0.15) is 12.4 Å². The van der Waals surface area contributed by atoms with Gasteiger partial charge in [-0.15, -0.1) is 0 Å². The van der Waals surface area contributed by atoms with Crippen LogP contribution in [0.3, 0.4) is 0 Å². The number of halogens is 3. The molecule has 0 spiro atoms. The van der Waals surface area contributed by atoms with Gasteiger partial charge in [0.2, 0.25) is 12.3 Å². The molecule has 3 aromatic rings. The van der Waals surface area contributed by atoms with Crippen molar-refractivity contribution in [2.75, 3.05) is 0 Å². The number of ketones is 1. The van der Waals surface area contributed by atoms with E-state index in [1.54, 1.807) is 22.8 Å². The highest BCUT2D eigenvalue weighted by atomic mass is 79.9. The number of carbonyl (C=O) groups excluding carboxylic acids is 1. The molecule has 0 saturated heterocycles. The Bertz CT molecular complexity index is 850. The molecule has 2 aromatic carbocycles. The number of Topliss-reactive ketones (excluding diaryl/α,β-unsaturated/α-hetero) is 1. The smallest absolute Gasteiger partial charge is 0.227 e. The van der Waals surface area contributed by atoms with Crippen molar-refractivity contribution in [1.29, 1.82) is 0 Å². The van der Waals surface area contributed by atoms with Crippen LogP contribution in [0.4, 0.5) is 0 Å². The molecule has 0 saturated carbocycles. The molecule has 26 heavy (non-hydrogen) atoms. The van der Waals surface area contributed by atoms with Crippen molar-refractivity contribution in [3.8, 4) is 5.75 Å². The number of aromatic nitrogens is 1. The number of nitrogens with zero attached hydrogens (tertiary/aromatic N) is 1. The lowest BCUT2D eigenvalue weighted by molar-refractivity contribution is -0.683. The van der Waals surface area contributed by atoms with E-state index in [1.165, 1.54) is 0 Å². The van der Waals surface area contributed by atoms with Crippen LogP contribution in [0.15, 0.2) is 73.1 Å². The first-order valence-corrected chi connectivity index (χ1v) is 8.51. The van der Waals surface area contributed by atoms with Crippen molar-refractivity contribution >= 4 is 29.0 Å². The summed E-state index contributed by atoms with van der Waals surface area (Å²) in [7, 11) is 0. The minimum atomic E-state index is -0.0626. The third kappa shape index (κ3) is 5.84. The summed E-state index contributed by atoms with van der Waals surface area (Å²) in [5.74, 6) is 0.686. The maximum atomic E-state index is 12.3. The fourth-order valence-corrected chi connectivity index (χ4v) is 2.88. The first-order chi connectivity index (χ1) is 12.1. The lowest BCUT2D eigenvalue weighted by Crippen LogP contribution is -3.00. The summed E-state index contributed by atoms with van der Waals surface area (Å²) in [6.07, 6.45) is 3.62. The SMILES string of the molecule is O=C(C[n+]1ccc(OCc2ccccc2)cc1)c1cc(Cl)cc(Cl)c1.[Br-]. The van der Waals surface area contributed by atoms with E-state index in [9.17, 15) is 4.79 Å². The molecule has 1 aromatic heterocycles. The number of hydrogen-bond donors (Lipinski definition) is 0. The van der Waals surface area contributed by atoms with Crippen LogP contribution in [0.1, 0.15) is 15.9 Å². The molecule has 0 aliphatic rings. The van der Waals surface area contributed by atoms with Gasteiger partial charge >= 0.3 is 0 Å². The largest absolute Gasteiger partial charge is 1.00 e. The topological polar surface area (TPSA) is 30.2 Å². The molecule has 0 N–H and O–H groups in total. The van der Waals surface area contributed by atoms with Crippen molar-refractivity contribution in [3.63, 3.8) is 0 Å². The minimum Gasteiger partial charge on any atom is -1.00 e. The first-order valence-electron chi connectivity index (χ1n) is 7.75. The molecule has 0 radical (unpaired) electrons. The molecule has 0 aliphatic heterocycles. The van der Waals surface area contributed by atoms with Gasteiger partial charge < -0.3 is 21.7 Å². The Morgan fingerprint density at radius 1 is 0.923 bits per heavy atom. The van der Waals surface area contributed by atoms with Crippen LogP contribution in [-0.2, 0) is 13.2 Å². The van der Waals surface area contributed by atoms with Gasteiger partial charge in [0, 0.05) is 27.7 Å². The van der Waals surface area contributed by atoms with E-state index in [2.05, 4.69) is 0 Å². The quantitative estimate of drug-likeness (QED) is 0.421. The summed E-state index contributed by atoms with van der Waals surface area (Å²) in [5.41, 5.74) is 1.60. The van der Waals surface area contributed by atoms with E-state index in [-0.39, 0.29) is 29.3 Å². The van der Waals surface area contributed by atoms with Gasteiger partial charge in [-0.25, -0.2) is 0 Å². The lowest BCUT2D eigenvalue weighted by Gasteiger charge is -2.05. The number of rotatable bonds is 6. The maximum absolute atomic E-state index is 12.3. The number of carbonyl (C=O) groups is 1. The van der Waals surface area contributed by atoms with Crippen LogP contribution in [0.5, 0.6) is 5.75 Å². The lowest BCUT2D eigenvalue weighted by atomic mass is 10.1. The Hall–Kier alpha value is -1.88. The molecule has 0 fully saturated rings.